The Morgan fingerprint density at radius 1 is 1.40 bits per heavy atom. The molecule has 1 aliphatic rings. The molecule has 0 unspecified atom stereocenters. The number of likely N-dealkylation sites (N-methyl/N-ethyl adjacent to an activating group) is 1. The minimum Gasteiger partial charge on any atom is -0.365 e. The van der Waals surface area contributed by atoms with Crippen molar-refractivity contribution in [1.29, 1.82) is 0 Å². The zero-order valence-electron chi connectivity index (χ0n) is 12.2. The minimum atomic E-state index is 0.223. The number of hydrogen-bond donors (Lipinski definition) is 1. The van der Waals surface area contributed by atoms with Crippen molar-refractivity contribution in [3.05, 3.63) is 28.2 Å². The van der Waals surface area contributed by atoms with Crippen LogP contribution in [0.1, 0.15) is 18.4 Å². The molecule has 0 atom stereocenters. The van der Waals surface area contributed by atoms with E-state index < -0.39 is 0 Å². The quantitative estimate of drug-likeness (QED) is 0.893. The molecular formula is C15H22BrN3O. The number of carbonyl (C=O) groups excluding carboxylic acids is 1. The lowest BCUT2D eigenvalue weighted by molar-refractivity contribution is -0.128. The molecule has 1 heterocycles. The van der Waals surface area contributed by atoms with E-state index in [2.05, 4.69) is 39.4 Å². The monoisotopic (exact) mass is 339 g/mol. The van der Waals surface area contributed by atoms with Gasteiger partial charge in [-0.05, 0) is 37.6 Å². The molecule has 1 fully saturated rings. The maximum absolute atomic E-state index is 12.1. The Balaban J connectivity index is 1.99. The zero-order chi connectivity index (χ0) is 14.5. The van der Waals surface area contributed by atoms with Gasteiger partial charge in [-0.25, -0.2) is 0 Å². The van der Waals surface area contributed by atoms with Crippen molar-refractivity contribution in [2.45, 2.75) is 19.4 Å². The van der Waals surface area contributed by atoms with Gasteiger partial charge in [0.25, 0.3) is 0 Å². The molecule has 4 nitrogen and oxygen atoms in total. The second-order valence-corrected chi connectivity index (χ2v) is 6.10. The smallest absolute Gasteiger partial charge is 0.242 e. The number of benzene rings is 1. The first-order valence-electron chi connectivity index (χ1n) is 7.03. The first kappa shape index (κ1) is 15.3. The number of carbonyl (C=O) groups is 1. The van der Waals surface area contributed by atoms with Crippen LogP contribution in [0.15, 0.2) is 22.7 Å². The number of nitrogens with zero attached hydrogens (tertiary/aromatic N) is 2. The van der Waals surface area contributed by atoms with Crippen LogP contribution < -0.4 is 10.2 Å². The van der Waals surface area contributed by atoms with Gasteiger partial charge >= 0.3 is 0 Å². The van der Waals surface area contributed by atoms with Gasteiger partial charge in [-0.2, -0.15) is 0 Å². The summed E-state index contributed by atoms with van der Waals surface area (Å²) in [5.41, 5.74) is 2.28. The van der Waals surface area contributed by atoms with Gasteiger partial charge in [0.2, 0.25) is 5.91 Å². The van der Waals surface area contributed by atoms with Crippen LogP contribution in [-0.4, -0.2) is 44.5 Å². The average Bonchev–Trinajstić information content (AvgIpc) is 2.95. The highest BCUT2D eigenvalue weighted by molar-refractivity contribution is 9.10. The molecule has 0 radical (unpaired) electrons. The van der Waals surface area contributed by atoms with Gasteiger partial charge in [0, 0.05) is 36.8 Å². The fraction of sp³-hybridized carbons (Fsp3) is 0.533. The van der Waals surface area contributed by atoms with Crippen LogP contribution in [0.3, 0.4) is 0 Å². The number of nitrogens with one attached hydrogen (secondary N) is 1. The van der Waals surface area contributed by atoms with Crippen LogP contribution in [0.2, 0.25) is 0 Å². The van der Waals surface area contributed by atoms with Gasteiger partial charge in [-0.1, -0.05) is 22.0 Å². The molecule has 1 aromatic carbocycles. The molecule has 2 rings (SSSR count). The summed E-state index contributed by atoms with van der Waals surface area (Å²) in [5, 5.41) is 3.14. The lowest BCUT2D eigenvalue weighted by Crippen LogP contribution is -2.37. The Morgan fingerprint density at radius 3 is 2.70 bits per heavy atom. The van der Waals surface area contributed by atoms with Gasteiger partial charge < -0.3 is 15.1 Å². The number of rotatable bonds is 5. The third-order valence-electron chi connectivity index (χ3n) is 3.68. The van der Waals surface area contributed by atoms with E-state index >= 15 is 0 Å². The summed E-state index contributed by atoms with van der Waals surface area (Å²) < 4.78 is 1.07. The topological polar surface area (TPSA) is 35.6 Å². The van der Waals surface area contributed by atoms with Gasteiger partial charge in [-0.15, -0.1) is 0 Å². The Bertz CT molecular complexity index is 472. The highest BCUT2D eigenvalue weighted by Gasteiger charge is 2.19. The van der Waals surface area contributed by atoms with Crippen molar-refractivity contribution in [3.8, 4) is 0 Å². The van der Waals surface area contributed by atoms with E-state index in [1.807, 2.05) is 23.9 Å². The summed E-state index contributed by atoms with van der Waals surface area (Å²) in [6.45, 7) is 3.10. The maximum Gasteiger partial charge on any atom is 0.242 e. The third-order valence-corrected chi connectivity index (χ3v) is 4.41. The molecule has 0 aliphatic carbocycles. The van der Waals surface area contributed by atoms with Gasteiger partial charge in [0.1, 0.15) is 0 Å². The third kappa shape index (κ3) is 3.73. The lowest BCUT2D eigenvalue weighted by Gasteiger charge is -2.23. The van der Waals surface area contributed by atoms with Crippen LogP contribution in [0.4, 0.5) is 5.69 Å². The molecule has 1 amide bonds. The fourth-order valence-corrected chi connectivity index (χ4v) is 2.98. The highest BCUT2D eigenvalue weighted by Crippen LogP contribution is 2.23. The summed E-state index contributed by atoms with van der Waals surface area (Å²) in [6.07, 6.45) is 2.28. The Hall–Kier alpha value is -1.07. The molecule has 110 valence electrons. The second-order valence-electron chi connectivity index (χ2n) is 5.25. The largest absolute Gasteiger partial charge is 0.365 e. The summed E-state index contributed by atoms with van der Waals surface area (Å²) in [6, 6.07) is 6.23. The lowest BCUT2D eigenvalue weighted by atomic mass is 10.2. The predicted molar refractivity (Wildman–Crippen MR) is 86.0 cm³/mol. The van der Waals surface area contributed by atoms with E-state index in [0.717, 1.165) is 42.6 Å². The number of likely N-dealkylation sites (tertiary alicyclic amines) is 1. The summed E-state index contributed by atoms with van der Waals surface area (Å²) in [7, 11) is 3.90. The molecule has 1 aliphatic heterocycles. The van der Waals surface area contributed by atoms with E-state index in [9.17, 15) is 4.79 Å². The van der Waals surface area contributed by atoms with E-state index in [1.165, 1.54) is 5.56 Å². The molecule has 0 bridgehead atoms. The number of hydrogen-bond acceptors (Lipinski definition) is 3. The van der Waals surface area contributed by atoms with E-state index in [-0.39, 0.29) is 5.91 Å². The van der Waals surface area contributed by atoms with Crippen LogP contribution >= 0.6 is 15.9 Å². The van der Waals surface area contributed by atoms with E-state index in [1.54, 1.807) is 0 Å². The van der Waals surface area contributed by atoms with Crippen LogP contribution in [-0.2, 0) is 11.3 Å². The van der Waals surface area contributed by atoms with Crippen molar-refractivity contribution in [2.24, 2.45) is 0 Å². The van der Waals surface area contributed by atoms with Crippen LogP contribution in [0.5, 0.6) is 0 Å². The molecule has 20 heavy (non-hydrogen) atoms. The minimum absolute atomic E-state index is 0.223. The molecule has 0 aromatic heterocycles. The number of halogens is 1. The normalized spacial score (nSPS) is 14.7. The second kappa shape index (κ2) is 7.09. The Kier molecular flexibility index (Phi) is 5.43. The predicted octanol–water partition coefficient (Wildman–Crippen LogP) is 2.23. The maximum atomic E-state index is 12.1. The molecule has 0 saturated carbocycles. The standard InChI is InChI=1S/C15H22BrN3O/c1-17-10-12-5-6-13(9-14(12)16)18(2)11-15(20)19-7-3-4-8-19/h5-6,9,17H,3-4,7-8,10-11H2,1-2H3. The first-order valence-corrected chi connectivity index (χ1v) is 7.83. The van der Waals surface area contributed by atoms with E-state index in [0.29, 0.717) is 6.54 Å². The Morgan fingerprint density at radius 2 is 2.10 bits per heavy atom. The highest BCUT2D eigenvalue weighted by atomic mass is 79.9. The fourth-order valence-electron chi connectivity index (χ4n) is 2.47. The zero-order valence-corrected chi connectivity index (χ0v) is 13.7. The summed E-state index contributed by atoms with van der Waals surface area (Å²) >= 11 is 3.59. The van der Waals surface area contributed by atoms with Crippen LogP contribution in [0.25, 0.3) is 0 Å². The molecule has 1 N–H and O–H groups in total. The van der Waals surface area contributed by atoms with Crippen molar-refractivity contribution in [3.63, 3.8) is 0 Å². The van der Waals surface area contributed by atoms with Crippen LogP contribution in [0, 0.1) is 0 Å². The van der Waals surface area contributed by atoms with Crippen molar-refractivity contribution < 1.29 is 4.79 Å². The summed E-state index contributed by atoms with van der Waals surface area (Å²) in [5.74, 6) is 0.223. The van der Waals surface area contributed by atoms with Crippen molar-refractivity contribution in [1.82, 2.24) is 10.2 Å². The Labute approximate surface area is 129 Å². The SMILES string of the molecule is CNCc1ccc(N(C)CC(=O)N2CCCC2)cc1Br. The number of anilines is 1. The average molecular weight is 340 g/mol. The molecule has 1 aromatic rings. The molecule has 1 saturated heterocycles. The van der Waals surface area contributed by atoms with Crippen molar-refractivity contribution in [2.75, 3.05) is 38.6 Å². The molecule has 0 spiro atoms. The molecule has 5 heteroatoms. The van der Waals surface area contributed by atoms with Gasteiger partial charge in [-0.3, -0.25) is 4.79 Å². The van der Waals surface area contributed by atoms with E-state index in [4.69, 9.17) is 0 Å². The first-order chi connectivity index (χ1) is 9.61. The molecular weight excluding hydrogens is 318 g/mol. The van der Waals surface area contributed by atoms with Gasteiger partial charge in [0.05, 0.1) is 6.54 Å². The summed E-state index contributed by atoms with van der Waals surface area (Å²) in [4.78, 5) is 16.1. The van der Waals surface area contributed by atoms with Crippen molar-refractivity contribution >= 4 is 27.5 Å². The number of amides is 1. The van der Waals surface area contributed by atoms with Gasteiger partial charge in [0.15, 0.2) is 0 Å².